The molecule has 1 fully saturated rings. The fraction of sp³-hybridized carbons (Fsp3) is 0.375. The van der Waals surface area contributed by atoms with Crippen LogP contribution in [0.15, 0.2) is 39.9 Å². The van der Waals surface area contributed by atoms with E-state index in [2.05, 4.69) is 9.88 Å². The molecule has 1 aromatic heterocycles. The van der Waals surface area contributed by atoms with Crippen molar-refractivity contribution in [2.45, 2.75) is 19.6 Å². The molecule has 0 atom stereocenters. The van der Waals surface area contributed by atoms with E-state index in [1.54, 1.807) is 25.1 Å². The first kappa shape index (κ1) is 15.5. The molecule has 1 aliphatic rings. The third-order valence-corrected chi connectivity index (χ3v) is 3.85. The number of aryl methyl sites for hydroxylation is 1. The minimum Gasteiger partial charge on any atom is -0.485 e. The summed E-state index contributed by atoms with van der Waals surface area (Å²) in [7, 11) is 0. The van der Waals surface area contributed by atoms with Gasteiger partial charge < -0.3 is 9.72 Å². The van der Waals surface area contributed by atoms with Crippen molar-refractivity contribution in [1.29, 1.82) is 0 Å². The minimum atomic E-state index is -0.394. The van der Waals surface area contributed by atoms with Crippen molar-refractivity contribution in [3.63, 3.8) is 0 Å². The van der Waals surface area contributed by atoms with Crippen LogP contribution < -0.4 is 16.0 Å². The molecule has 1 N–H and O–H groups in total. The van der Waals surface area contributed by atoms with Gasteiger partial charge in [0.05, 0.1) is 0 Å². The fourth-order valence-corrected chi connectivity index (χ4v) is 2.59. The van der Waals surface area contributed by atoms with Gasteiger partial charge in [-0.2, -0.15) is 0 Å². The largest absolute Gasteiger partial charge is 0.485 e. The van der Waals surface area contributed by atoms with E-state index in [0.29, 0.717) is 31.9 Å². The summed E-state index contributed by atoms with van der Waals surface area (Å²) in [6.45, 7) is 3.86. The van der Waals surface area contributed by atoms with E-state index in [0.717, 1.165) is 0 Å². The Kier molecular flexibility index (Phi) is 4.29. The van der Waals surface area contributed by atoms with Gasteiger partial charge in [0.1, 0.15) is 6.10 Å². The summed E-state index contributed by atoms with van der Waals surface area (Å²) in [6, 6.07) is 7.71. The molecule has 1 aliphatic heterocycles. The van der Waals surface area contributed by atoms with Gasteiger partial charge in [-0.3, -0.25) is 14.3 Å². The third-order valence-electron chi connectivity index (χ3n) is 3.85. The van der Waals surface area contributed by atoms with Crippen LogP contribution in [-0.4, -0.2) is 40.2 Å². The highest BCUT2D eigenvalue weighted by Gasteiger charge is 2.28. The Balaban J connectivity index is 1.51. The van der Waals surface area contributed by atoms with Gasteiger partial charge in [-0.15, -0.1) is 0 Å². The van der Waals surface area contributed by atoms with Crippen molar-refractivity contribution in [3.8, 4) is 5.75 Å². The molecule has 7 heteroatoms. The number of aromatic nitrogens is 2. The molecule has 3 rings (SSSR count). The van der Waals surface area contributed by atoms with Gasteiger partial charge >= 0.3 is 5.69 Å². The molecule has 0 unspecified atom stereocenters. The lowest BCUT2D eigenvalue weighted by Gasteiger charge is -2.38. The number of para-hydroxylation sites is 1. The van der Waals surface area contributed by atoms with Crippen molar-refractivity contribution < 1.29 is 9.13 Å². The second kappa shape index (κ2) is 6.37. The zero-order valence-corrected chi connectivity index (χ0v) is 12.8. The zero-order valence-electron chi connectivity index (χ0n) is 12.8. The normalized spacial score (nSPS) is 15.4. The maximum absolute atomic E-state index is 13.5. The Morgan fingerprint density at radius 3 is 2.70 bits per heavy atom. The van der Waals surface area contributed by atoms with E-state index in [-0.39, 0.29) is 23.2 Å². The quantitative estimate of drug-likeness (QED) is 0.883. The van der Waals surface area contributed by atoms with Crippen molar-refractivity contribution >= 4 is 0 Å². The summed E-state index contributed by atoms with van der Waals surface area (Å²) in [5.41, 5.74) is -0.140. The second-order valence-corrected chi connectivity index (χ2v) is 5.68. The standard InChI is InChI=1S/C16H18FN3O3/c1-11-8-15(21)20(16(22)18-11)7-6-19-9-12(10-19)23-14-5-3-2-4-13(14)17/h2-5,8,12H,6-7,9-10H2,1H3,(H,18,22). The average Bonchev–Trinajstić information content (AvgIpc) is 2.44. The number of hydrogen-bond acceptors (Lipinski definition) is 4. The van der Waals surface area contributed by atoms with Crippen molar-refractivity contribution in [2.24, 2.45) is 0 Å². The first-order valence-electron chi connectivity index (χ1n) is 7.47. The highest BCUT2D eigenvalue weighted by molar-refractivity contribution is 5.24. The molecule has 0 aliphatic carbocycles. The molecular weight excluding hydrogens is 301 g/mol. The smallest absolute Gasteiger partial charge is 0.328 e. The third kappa shape index (κ3) is 3.50. The Hall–Kier alpha value is -2.41. The molecule has 1 aromatic carbocycles. The summed E-state index contributed by atoms with van der Waals surface area (Å²) in [4.78, 5) is 28.2. The van der Waals surface area contributed by atoms with Gasteiger partial charge in [0.25, 0.3) is 5.56 Å². The van der Waals surface area contributed by atoms with Crippen LogP contribution in [0.3, 0.4) is 0 Å². The summed E-state index contributed by atoms with van der Waals surface area (Å²) in [5, 5.41) is 0. The van der Waals surface area contributed by atoms with Crippen LogP contribution in [0.4, 0.5) is 4.39 Å². The summed E-state index contributed by atoms with van der Waals surface area (Å²) in [6.07, 6.45) is -0.0695. The van der Waals surface area contributed by atoms with Gasteiger partial charge in [-0.25, -0.2) is 9.18 Å². The van der Waals surface area contributed by atoms with Gasteiger partial charge in [-0.05, 0) is 19.1 Å². The Morgan fingerprint density at radius 1 is 1.26 bits per heavy atom. The lowest BCUT2D eigenvalue weighted by molar-refractivity contribution is 0.0154. The Morgan fingerprint density at radius 2 is 2.00 bits per heavy atom. The molecule has 2 heterocycles. The maximum Gasteiger partial charge on any atom is 0.328 e. The highest BCUT2D eigenvalue weighted by atomic mass is 19.1. The fourth-order valence-electron chi connectivity index (χ4n) is 2.59. The van der Waals surface area contributed by atoms with Crippen molar-refractivity contribution in [1.82, 2.24) is 14.5 Å². The van der Waals surface area contributed by atoms with E-state index in [9.17, 15) is 14.0 Å². The summed E-state index contributed by atoms with van der Waals surface area (Å²) in [5.74, 6) is -0.118. The molecule has 122 valence electrons. The molecule has 23 heavy (non-hydrogen) atoms. The van der Waals surface area contributed by atoms with Crippen LogP contribution in [0.2, 0.25) is 0 Å². The SMILES string of the molecule is Cc1cc(=O)n(CCN2CC(Oc3ccccc3F)C2)c(=O)[nH]1. The number of benzene rings is 1. The van der Waals surface area contributed by atoms with Crippen LogP contribution in [0.5, 0.6) is 5.75 Å². The average molecular weight is 319 g/mol. The van der Waals surface area contributed by atoms with Crippen LogP contribution in [-0.2, 0) is 6.54 Å². The number of H-pyrrole nitrogens is 1. The van der Waals surface area contributed by atoms with E-state index < -0.39 is 5.69 Å². The number of rotatable bonds is 5. The van der Waals surface area contributed by atoms with Crippen LogP contribution in [0, 0.1) is 12.7 Å². The number of likely N-dealkylation sites (tertiary alicyclic amines) is 1. The van der Waals surface area contributed by atoms with Crippen LogP contribution in [0.25, 0.3) is 0 Å². The zero-order chi connectivity index (χ0) is 16.4. The molecule has 0 saturated carbocycles. The number of hydrogen-bond donors (Lipinski definition) is 1. The molecule has 0 bridgehead atoms. The number of halogens is 1. The van der Waals surface area contributed by atoms with E-state index >= 15 is 0 Å². The first-order valence-corrected chi connectivity index (χ1v) is 7.47. The molecule has 6 nitrogen and oxygen atoms in total. The van der Waals surface area contributed by atoms with Gasteiger partial charge in [0, 0.05) is 37.9 Å². The number of nitrogens with zero attached hydrogens (tertiary/aromatic N) is 2. The lowest BCUT2D eigenvalue weighted by atomic mass is 10.1. The van der Waals surface area contributed by atoms with E-state index in [4.69, 9.17) is 4.74 Å². The molecule has 0 amide bonds. The predicted molar refractivity (Wildman–Crippen MR) is 83.3 cm³/mol. The summed E-state index contributed by atoms with van der Waals surface area (Å²) < 4.78 is 20.2. The first-order chi connectivity index (χ1) is 11.0. The predicted octanol–water partition coefficient (Wildman–Crippen LogP) is 0.747. The Bertz CT molecular complexity index is 777. The van der Waals surface area contributed by atoms with E-state index in [1.807, 2.05) is 0 Å². The van der Waals surface area contributed by atoms with E-state index in [1.165, 1.54) is 16.7 Å². The number of aromatic amines is 1. The Labute approximate surface area is 132 Å². The molecule has 1 saturated heterocycles. The van der Waals surface area contributed by atoms with Gasteiger partial charge in [-0.1, -0.05) is 12.1 Å². The number of nitrogens with one attached hydrogen (secondary N) is 1. The van der Waals surface area contributed by atoms with Gasteiger partial charge in [0.2, 0.25) is 0 Å². The summed E-state index contributed by atoms with van der Waals surface area (Å²) >= 11 is 0. The second-order valence-electron chi connectivity index (χ2n) is 5.68. The molecule has 2 aromatic rings. The monoisotopic (exact) mass is 319 g/mol. The molecular formula is C16H18FN3O3. The van der Waals surface area contributed by atoms with Crippen molar-refractivity contribution in [3.05, 3.63) is 62.7 Å². The number of ether oxygens (including phenoxy) is 1. The molecule has 0 spiro atoms. The lowest BCUT2D eigenvalue weighted by Crippen LogP contribution is -2.55. The highest BCUT2D eigenvalue weighted by Crippen LogP contribution is 2.20. The van der Waals surface area contributed by atoms with Gasteiger partial charge in [0.15, 0.2) is 11.6 Å². The van der Waals surface area contributed by atoms with Crippen molar-refractivity contribution in [2.75, 3.05) is 19.6 Å². The topological polar surface area (TPSA) is 67.3 Å². The maximum atomic E-state index is 13.5. The minimum absolute atomic E-state index is 0.0695. The van der Waals surface area contributed by atoms with Crippen LogP contribution in [0.1, 0.15) is 5.69 Å². The van der Waals surface area contributed by atoms with Crippen LogP contribution >= 0.6 is 0 Å². The molecule has 0 radical (unpaired) electrons.